The van der Waals surface area contributed by atoms with Crippen LogP contribution in [-0.4, -0.2) is 82.0 Å². The van der Waals surface area contributed by atoms with E-state index in [4.69, 9.17) is 14.5 Å². The third-order valence-corrected chi connectivity index (χ3v) is 7.21. The van der Waals surface area contributed by atoms with Crippen LogP contribution in [0, 0.1) is 0 Å². The summed E-state index contributed by atoms with van der Waals surface area (Å²) in [7, 11) is 1.57. The molecule has 2 amide bonds. The van der Waals surface area contributed by atoms with Crippen molar-refractivity contribution in [3.05, 3.63) is 58.9 Å². The second kappa shape index (κ2) is 10.6. The highest BCUT2D eigenvalue weighted by Crippen LogP contribution is 2.27. The van der Waals surface area contributed by atoms with Crippen molar-refractivity contribution in [3.63, 3.8) is 0 Å². The molecule has 3 heterocycles. The second-order valence-electron chi connectivity index (χ2n) is 8.49. The number of rotatable bonds is 6. The zero-order valence-corrected chi connectivity index (χ0v) is 21.4. The molecule has 0 saturated carbocycles. The first-order chi connectivity index (χ1) is 18.0. The molecule has 2 aromatic heterocycles. The van der Waals surface area contributed by atoms with Crippen molar-refractivity contribution in [1.29, 1.82) is 0 Å². The summed E-state index contributed by atoms with van der Waals surface area (Å²) in [6.07, 6.45) is -0.359. The predicted molar refractivity (Wildman–Crippen MR) is 142 cm³/mol. The normalized spacial score (nSPS) is 13.8. The Hall–Kier alpha value is -3.99. The van der Waals surface area contributed by atoms with Gasteiger partial charge in [-0.05, 0) is 25.1 Å². The van der Waals surface area contributed by atoms with E-state index < -0.39 is 0 Å². The zero-order valence-electron chi connectivity index (χ0n) is 20.6. The van der Waals surface area contributed by atoms with E-state index in [2.05, 4.69) is 4.98 Å². The smallest absolute Gasteiger partial charge is 0.409 e. The number of ether oxygens (including phenoxy) is 2. The zero-order chi connectivity index (χ0) is 25.9. The number of H-pyrrole nitrogens is 1. The number of piperazine rings is 1. The van der Waals surface area contributed by atoms with Gasteiger partial charge in [-0.2, -0.15) is 0 Å². The summed E-state index contributed by atoms with van der Waals surface area (Å²) < 4.78 is 11.9. The van der Waals surface area contributed by atoms with E-state index in [0.29, 0.717) is 60.4 Å². The average Bonchev–Trinajstić information content (AvgIpc) is 3.31. The number of carbonyl (C=O) groups is 2. The van der Waals surface area contributed by atoms with Crippen LogP contribution in [0.25, 0.3) is 27.6 Å². The molecular formula is C26H27N5O5S. The number of para-hydroxylation sites is 1. The Bertz CT molecular complexity index is 1520. The van der Waals surface area contributed by atoms with E-state index in [1.165, 1.54) is 16.3 Å². The lowest BCUT2D eigenvalue weighted by atomic mass is 10.2. The van der Waals surface area contributed by atoms with Crippen LogP contribution in [-0.2, 0) is 9.53 Å². The van der Waals surface area contributed by atoms with Gasteiger partial charge < -0.3 is 24.3 Å². The predicted octanol–water partition coefficient (Wildman–Crippen LogP) is 3.27. The number of aromatic nitrogens is 3. The van der Waals surface area contributed by atoms with Crippen molar-refractivity contribution in [1.82, 2.24) is 24.3 Å². The van der Waals surface area contributed by atoms with Crippen molar-refractivity contribution >= 4 is 45.7 Å². The maximum Gasteiger partial charge on any atom is 0.409 e. The van der Waals surface area contributed by atoms with Crippen LogP contribution in [0.4, 0.5) is 4.79 Å². The Morgan fingerprint density at radius 3 is 2.57 bits per heavy atom. The topological polar surface area (TPSA) is 110 Å². The Morgan fingerprint density at radius 1 is 1.05 bits per heavy atom. The Morgan fingerprint density at radius 2 is 1.81 bits per heavy atom. The summed E-state index contributed by atoms with van der Waals surface area (Å²) >= 11 is 1.21. The summed E-state index contributed by atoms with van der Waals surface area (Å²) in [5.41, 5.74) is 2.12. The van der Waals surface area contributed by atoms with Gasteiger partial charge in [-0.25, -0.2) is 9.78 Å². The number of amides is 2. The molecule has 1 fully saturated rings. The number of benzene rings is 2. The van der Waals surface area contributed by atoms with E-state index in [-0.39, 0.29) is 23.3 Å². The number of thioether (sulfide) groups is 1. The molecule has 0 spiro atoms. The number of hydrogen-bond acceptors (Lipinski definition) is 7. The lowest BCUT2D eigenvalue weighted by Gasteiger charge is -2.34. The van der Waals surface area contributed by atoms with Gasteiger partial charge in [0.05, 0.1) is 25.2 Å². The van der Waals surface area contributed by atoms with Crippen LogP contribution < -0.4 is 10.3 Å². The third kappa shape index (κ3) is 4.86. The van der Waals surface area contributed by atoms with Crippen LogP contribution in [0.5, 0.6) is 5.75 Å². The summed E-state index contributed by atoms with van der Waals surface area (Å²) in [6, 6.07) is 14.8. The molecule has 1 saturated heterocycles. The number of nitrogens with zero attached hydrogens (tertiary/aromatic N) is 4. The fourth-order valence-corrected chi connectivity index (χ4v) is 5.30. The molecule has 4 aromatic rings. The van der Waals surface area contributed by atoms with Crippen molar-refractivity contribution in [3.8, 4) is 11.4 Å². The summed E-state index contributed by atoms with van der Waals surface area (Å²) in [4.78, 5) is 50.1. The van der Waals surface area contributed by atoms with Crippen LogP contribution in [0.3, 0.4) is 0 Å². The van der Waals surface area contributed by atoms with Crippen molar-refractivity contribution in [2.75, 3.05) is 45.6 Å². The highest BCUT2D eigenvalue weighted by molar-refractivity contribution is 7.99. The quantitative estimate of drug-likeness (QED) is 0.306. The van der Waals surface area contributed by atoms with Gasteiger partial charge in [-0.15, -0.1) is 0 Å². The van der Waals surface area contributed by atoms with Gasteiger partial charge in [-0.3, -0.25) is 14.2 Å². The van der Waals surface area contributed by atoms with Gasteiger partial charge in [0.15, 0.2) is 5.16 Å². The fraction of sp³-hybridized carbons (Fsp3) is 0.308. The molecule has 0 bridgehead atoms. The lowest BCUT2D eigenvalue weighted by molar-refractivity contribution is -0.129. The van der Waals surface area contributed by atoms with Gasteiger partial charge in [0.25, 0.3) is 5.56 Å². The molecule has 37 heavy (non-hydrogen) atoms. The molecule has 0 radical (unpaired) electrons. The molecule has 0 unspecified atom stereocenters. The molecule has 0 aliphatic carbocycles. The third-order valence-electron chi connectivity index (χ3n) is 6.29. The molecule has 11 heteroatoms. The van der Waals surface area contributed by atoms with Crippen LogP contribution >= 0.6 is 11.8 Å². The minimum Gasteiger partial charge on any atom is -0.497 e. The number of aromatic amines is 1. The maximum absolute atomic E-state index is 13.7. The second-order valence-corrected chi connectivity index (χ2v) is 9.43. The average molecular weight is 522 g/mol. The first-order valence-electron chi connectivity index (χ1n) is 12.0. The molecule has 2 aromatic carbocycles. The summed E-state index contributed by atoms with van der Waals surface area (Å²) in [5.74, 6) is 0.621. The standard InChI is InChI=1S/C26H27N5O5S/c1-3-36-26(34)30-13-11-29(12-14-30)21(32)16-37-25-28-22-19-9-4-5-10-20(19)27-23(22)24(33)31(25)17-7-6-8-18(15-17)35-2/h4-10,15,27H,3,11-14,16H2,1-2H3. The van der Waals surface area contributed by atoms with E-state index in [1.807, 2.05) is 24.3 Å². The highest BCUT2D eigenvalue weighted by Gasteiger charge is 2.26. The molecule has 5 rings (SSSR count). The van der Waals surface area contributed by atoms with Crippen LogP contribution in [0.1, 0.15) is 6.92 Å². The molecule has 1 N–H and O–H groups in total. The Balaban J connectivity index is 1.45. The molecule has 0 atom stereocenters. The minimum atomic E-state index is -0.359. The van der Waals surface area contributed by atoms with E-state index in [9.17, 15) is 14.4 Å². The number of fused-ring (bicyclic) bond motifs is 3. The SMILES string of the molecule is CCOC(=O)N1CCN(C(=O)CSc2nc3c([nH]c4ccccc43)c(=O)n2-c2cccc(OC)c2)CC1. The molecule has 1 aliphatic rings. The highest BCUT2D eigenvalue weighted by atomic mass is 32.2. The molecule has 10 nitrogen and oxygen atoms in total. The van der Waals surface area contributed by atoms with Gasteiger partial charge in [0, 0.05) is 43.1 Å². The summed E-state index contributed by atoms with van der Waals surface area (Å²) in [6.45, 7) is 3.78. The Kier molecular flexibility index (Phi) is 7.04. The van der Waals surface area contributed by atoms with Crippen molar-refractivity contribution in [2.24, 2.45) is 0 Å². The van der Waals surface area contributed by atoms with Gasteiger partial charge in [0.2, 0.25) is 5.91 Å². The number of methoxy groups -OCH3 is 1. The number of nitrogens with one attached hydrogen (secondary N) is 1. The monoisotopic (exact) mass is 521 g/mol. The van der Waals surface area contributed by atoms with Crippen LogP contribution in [0.15, 0.2) is 58.5 Å². The first-order valence-corrected chi connectivity index (χ1v) is 13.0. The van der Waals surface area contributed by atoms with Gasteiger partial charge >= 0.3 is 6.09 Å². The first kappa shape index (κ1) is 24.7. The minimum absolute atomic E-state index is 0.0843. The van der Waals surface area contributed by atoms with Gasteiger partial charge in [-0.1, -0.05) is 36.0 Å². The number of carbonyl (C=O) groups excluding carboxylic acids is 2. The number of hydrogen-bond donors (Lipinski definition) is 1. The Labute approximate surface area is 217 Å². The molecular weight excluding hydrogens is 494 g/mol. The van der Waals surface area contributed by atoms with Crippen molar-refractivity contribution in [2.45, 2.75) is 12.1 Å². The van der Waals surface area contributed by atoms with Crippen LogP contribution in [0.2, 0.25) is 0 Å². The molecule has 1 aliphatic heterocycles. The van der Waals surface area contributed by atoms with Gasteiger partial charge in [0.1, 0.15) is 16.8 Å². The molecule has 192 valence electrons. The van der Waals surface area contributed by atoms with E-state index >= 15 is 0 Å². The summed E-state index contributed by atoms with van der Waals surface area (Å²) in [5, 5.41) is 1.25. The van der Waals surface area contributed by atoms with E-state index in [0.717, 1.165) is 10.9 Å². The van der Waals surface area contributed by atoms with E-state index in [1.54, 1.807) is 48.1 Å². The van der Waals surface area contributed by atoms with Crippen molar-refractivity contribution < 1.29 is 19.1 Å². The lowest BCUT2D eigenvalue weighted by Crippen LogP contribution is -2.51. The fourth-order valence-electron chi connectivity index (χ4n) is 4.39. The largest absolute Gasteiger partial charge is 0.497 e. The maximum atomic E-state index is 13.7.